The Balaban J connectivity index is 3.29. The average Bonchev–Trinajstić information content (AvgIpc) is 2.16. The van der Waals surface area contributed by atoms with Crippen molar-refractivity contribution >= 4 is 21.9 Å². The fraction of sp³-hybridized carbons (Fsp3) is 0.100. The van der Waals surface area contributed by atoms with Gasteiger partial charge in [-0.1, -0.05) is 27.8 Å². The highest BCUT2D eigenvalue weighted by Crippen LogP contribution is 2.26. The molecule has 0 spiro atoms. The maximum absolute atomic E-state index is 10.7. The molecule has 1 aromatic rings. The molecule has 1 aromatic carbocycles. The van der Waals surface area contributed by atoms with E-state index in [1.54, 1.807) is 0 Å². The molecule has 4 nitrogen and oxygen atoms in total. The Kier molecular flexibility index (Phi) is 3.58. The lowest BCUT2D eigenvalue weighted by Gasteiger charge is -2.02. The van der Waals surface area contributed by atoms with Crippen LogP contribution in [0.5, 0.6) is 11.5 Å². The molecule has 0 bridgehead atoms. The van der Waals surface area contributed by atoms with Crippen molar-refractivity contribution in [3.8, 4) is 23.3 Å². The van der Waals surface area contributed by atoms with Crippen LogP contribution in [0, 0.1) is 11.8 Å². The van der Waals surface area contributed by atoms with Crippen LogP contribution in [0.15, 0.2) is 12.1 Å². The number of hydrogen-bond acceptors (Lipinski definition) is 3. The zero-order chi connectivity index (χ0) is 11.4. The third-order valence-corrected chi connectivity index (χ3v) is 1.91. The van der Waals surface area contributed by atoms with Gasteiger partial charge in [0.05, 0.1) is 10.9 Å². The molecule has 0 unspecified atom stereocenters. The van der Waals surface area contributed by atoms with Gasteiger partial charge in [0.1, 0.15) is 17.1 Å². The molecule has 0 aliphatic heterocycles. The minimum atomic E-state index is -1.27. The fourth-order valence-electron chi connectivity index (χ4n) is 0.977. The monoisotopic (exact) mass is 270 g/mol. The number of alkyl halides is 1. The van der Waals surface area contributed by atoms with Crippen molar-refractivity contribution in [3.05, 3.63) is 23.3 Å². The Morgan fingerprint density at radius 1 is 1.33 bits per heavy atom. The first-order chi connectivity index (χ1) is 7.06. The normalized spacial score (nSPS) is 9.13. The van der Waals surface area contributed by atoms with E-state index in [9.17, 15) is 15.0 Å². The molecule has 0 aliphatic rings. The van der Waals surface area contributed by atoms with Gasteiger partial charge in [0.2, 0.25) is 0 Å². The van der Waals surface area contributed by atoms with Crippen molar-refractivity contribution in [2.24, 2.45) is 0 Å². The second kappa shape index (κ2) is 4.71. The van der Waals surface area contributed by atoms with Gasteiger partial charge in [0.25, 0.3) is 0 Å². The SMILES string of the molecule is O=C(O)c1cc(C#CCBr)c(O)cc1O. The van der Waals surface area contributed by atoms with E-state index in [2.05, 4.69) is 27.8 Å². The molecule has 0 aromatic heterocycles. The Labute approximate surface area is 94.3 Å². The van der Waals surface area contributed by atoms with Gasteiger partial charge in [-0.3, -0.25) is 0 Å². The van der Waals surface area contributed by atoms with E-state index in [0.29, 0.717) is 5.33 Å². The topological polar surface area (TPSA) is 77.8 Å². The highest BCUT2D eigenvalue weighted by molar-refractivity contribution is 9.09. The molecule has 1 rings (SSSR count). The molecule has 0 radical (unpaired) electrons. The summed E-state index contributed by atoms with van der Waals surface area (Å²) >= 11 is 3.07. The molecular weight excluding hydrogens is 264 g/mol. The van der Waals surface area contributed by atoms with Crippen LogP contribution in [0.1, 0.15) is 15.9 Å². The number of hydrogen-bond donors (Lipinski definition) is 3. The lowest BCUT2D eigenvalue weighted by atomic mass is 10.1. The van der Waals surface area contributed by atoms with Gasteiger partial charge in [0.15, 0.2) is 0 Å². The lowest BCUT2D eigenvalue weighted by Crippen LogP contribution is -1.97. The summed E-state index contributed by atoms with van der Waals surface area (Å²) in [5.41, 5.74) is -0.115. The highest BCUT2D eigenvalue weighted by atomic mass is 79.9. The van der Waals surface area contributed by atoms with Gasteiger partial charge in [-0.2, -0.15) is 0 Å². The van der Waals surface area contributed by atoms with Crippen molar-refractivity contribution in [2.75, 3.05) is 5.33 Å². The zero-order valence-corrected chi connectivity index (χ0v) is 9.08. The summed E-state index contributed by atoms with van der Waals surface area (Å²) < 4.78 is 0. The number of halogens is 1. The molecule has 0 saturated carbocycles. The summed E-state index contributed by atoms with van der Waals surface area (Å²) in [6, 6.07) is 2.09. The number of carbonyl (C=O) groups is 1. The molecule has 0 atom stereocenters. The number of aromatic carboxylic acids is 1. The lowest BCUT2D eigenvalue weighted by molar-refractivity contribution is 0.0693. The predicted octanol–water partition coefficient (Wildman–Crippen LogP) is 1.54. The number of carboxylic acids is 1. The Bertz CT molecular complexity index is 456. The Morgan fingerprint density at radius 2 is 2.00 bits per heavy atom. The minimum Gasteiger partial charge on any atom is -0.507 e. The van der Waals surface area contributed by atoms with Crippen LogP contribution in [0.4, 0.5) is 0 Å². The second-order valence-electron chi connectivity index (χ2n) is 2.63. The van der Waals surface area contributed by atoms with Gasteiger partial charge in [-0.25, -0.2) is 4.79 Å². The fourth-order valence-corrected chi connectivity index (χ4v) is 1.12. The zero-order valence-electron chi connectivity index (χ0n) is 7.49. The van der Waals surface area contributed by atoms with Gasteiger partial charge in [-0.15, -0.1) is 0 Å². The van der Waals surface area contributed by atoms with E-state index in [4.69, 9.17) is 5.11 Å². The van der Waals surface area contributed by atoms with E-state index in [1.807, 2.05) is 0 Å². The summed E-state index contributed by atoms with van der Waals surface area (Å²) in [6.45, 7) is 0. The van der Waals surface area contributed by atoms with Crippen LogP contribution >= 0.6 is 15.9 Å². The van der Waals surface area contributed by atoms with Crippen molar-refractivity contribution in [3.63, 3.8) is 0 Å². The Hall–Kier alpha value is -1.67. The number of rotatable bonds is 1. The van der Waals surface area contributed by atoms with Gasteiger partial charge < -0.3 is 15.3 Å². The number of benzene rings is 1. The summed E-state index contributed by atoms with van der Waals surface area (Å²) in [6.07, 6.45) is 0. The number of phenolic OH excluding ortho intramolecular Hbond substituents is 1. The molecule has 0 aliphatic carbocycles. The number of carboxylic acid groups (broad SMARTS) is 1. The van der Waals surface area contributed by atoms with E-state index in [1.165, 1.54) is 0 Å². The van der Waals surface area contributed by atoms with Crippen LogP contribution in [0.25, 0.3) is 0 Å². The van der Waals surface area contributed by atoms with E-state index >= 15 is 0 Å². The van der Waals surface area contributed by atoms with Crippen LogP contribution in [0.2, 0.25) is 0 Å². The average molecular weight is 271 g/mol. The molecule has 0 saturated heterocycles. The van der Waals surface area contributed by atoms with Crippen LogP contribution < -0.4 is 0 Å². The van der Waals surface area contributed by atoms with Crippen LogP contribution in [0.3, 0.4) is 0 Å². The van der Waals surface area contributed by atoms with Gasteiger partial charge >= 0.3 is 5.97 Å². The third-order valence-electron chi connectivity index (χ3n) is 1.63. The summed E-state index contributed by atoms with van der Waals surface area (Å²) in [5.74, 6) is 3.19. The van der Waals surface area contributed by atoms with Crippen molar-refractivity contribution in [2.45, 2.75) is 0 Å². The first-order valence-electron chi connectivity index (χ1n) is 3.90. The third kappa shape index (κ3) is 2.64. The van der Waals surface area contributed by atoms with Crippen molar-refractivity contribution < 1.29 is 20.1 Å². The first-order valence-corrected chi connectivity index (χ1v) is 5.02. The van der Waals surface area contributed by atoms with Gasteiger partial charge in [0, 0.05) is 6.07 Å². The predicted molar refractivity (Wildman–Crippen MR) is 57.4 cm³/mol. The molecule has 15 heavy (non-hydrogen) atoms. The summed E-state index contributed by atoms with van der Waals surface area (Å²) in [7, 11) is 0. The smallest absolute Gasteiger partial charge is 0.339 e. The largest absolute Gasteiger partial charge is 0.507 e. The van der Waals surface area contributed by atoms with Crippen LogP contribution in [-0.2, 0) is 0 Å². The summed E-state index contributed by atoms with van der Waals surface area (Å²) in [5, 5.41) is 27.7. The quantitative estimate of drug-likeness (QED) is 0.535. The minimum absolute atomic E-state index is 0.171. The number of phenols is 2. The molecule has 0 heterocycles. The maximum Gasteiger partial charge on any atom is 0.339 e. The number of aromatic hydroxyl groups is 2. The first kappa shape index (κ1) is 11.4. The molecular formula is C10H7BrO4. The summed E-state index contributed by atoms with van der Waals surface area (Å²) in [4.78, 5) is 10.7. The molecule has 0 amide bonds. The van der Waals surface area contributed by atoms with E-state index < -0.39 is 11.7 Å². The molecule has 78 valence electrons. The molecule has 3 N–H and O–H groups in total. The Morgan fingerprint density at radius 3 is 2.53 bits per heavy atom. The molecule has 0 fully saturated rings. The molecule has 5 heteroatoms. The van der Waals surface area contributed by atoms with E-state index in [0.717, 1.165) is 12.1 Å². The van der Waals surface area contributed by atoms with Crippen molar-refractivity contribution in [1.29, 1.82) is 0 Å². The highest BCUT2D eigenvalue weighted by Gasteiger charge is 2.12. The van der Waals surface area contributed by atoms with Gasteiger partial charge in [-0.05, 0) is 6.07 Å². The second-order valence-corrected chi connectivity index (χ2v) is 3.19. The van der Waals surface area contributed by atoms with Crippen LogP contribution in [-0.4, -0.2) is 26.6 Å². The standard InChI is InChI=1S/C10H7BrO4/c11-3-1-2-6-4-7(10(14)15)9(13)5-8(6)12/h4-5,12-13H,3H2,(H,14,15). The van der Waals surface area contributed by atoms with E-state index in [-0.39, 0.29) is 16.9 Å². The maximum atomic E-state index is 10.7. The van der Waals surface area contributed by atoms with Crippen molar-refractivity contribution in [1.82, 2.24) is 0 Å².